The molecule has 1 aromatic carbocycles. The van der Waals surface area contributed by atoms with Crippen LogP contribution in [0.4, 0.5) is 0 Å². The molecule has 2 aromatic rings. The first-order chi connectivity index (χ1) is 9.18. The second-order valence-electron chi connectivity index (χ2n) is 5.16. The zero-order chi connectivity index (χ0) is 13.7. The van der Waals surface area contributed by atoms with E-state index in [1.54, 1.807) is 0 Å². The molecule has 19 heavy (non-hydrogen) atoms. The quantitative estimate of drug-likeness (QED) is 0.636. The molecule has 0 radical (unpaired) electrons. The summed E-state index contributed by atoms with van der Waals surface area (Å²) >= 11 is 0. The normalized spacial score (nSPS) is 12.0. The molecule has 0 aliphatic carbocycles. The van der Waals surface area contributed by atoms with E-state index in [2.05, 4.69) is 60.7 Å². The second-order valence-corrected chi connectivity index (χ2v) is 5.16. The van der Waals surface area contributed by atoms with Crippen LogP contribution in [-0.4, -0.2) is 22.4 Å². The van der Waals surface area contributed by atoms with Crippen LogP contribution in [0.25, 0.3) is 10.9 Å². The van der Waals surface area contributed by atoms with E-state index in [-0.39, 0.29) is 0 Å². The zero-order valence-electron chi connectivity index (χ0n) is 12.1. The summed E-state index contributed by atoms with van der Waals surface area (Å²) in [4.78, 5) is 0. The van der Waals surface area contributed by atoms with Gasteiger partial charge in [-0.2, -0.15) is 5.10 Å². The molecule has 1 heterocycles. The standard InChI is InChI=1S/C16H23N3/c1-13(2)17-12-8-4-5-10-15-14-9-6-7-11-16(14)19(3)18-15/h4-7,9,11,13,17H,8,10,12H2,1-3H3. The molecule has 0 atom stereocenters. The van der Waals surface area contributed by atoms with Crippen molar-refractivity contribution in [2.24, 2.45) is 7.05 Å². The van der Waals surface area contributed by atoms with E-state index in [1.807, 2.05) is 11.7 Å². The first kappa shape index (κ1) is 13.8. The van der Waals surface area contributed by atoms with Crippen LogP contribution >= 0.6 is 0 Å². The molecule has 3 nitrogen and oxygen atoms in total. The zero-order valence-corrected chi connectivity index (χ0v) is 12.1. The van der Waals surface area contributed by atoms with Gasteiger partial charge in [0.15, 0.2) is 0 Å². The molecule has 0 aliphatic rings. The average Bonchev–Trinajstić information content (AvgIpc) is 2.71. The minimum Gasteiger partial charge on any atom is -0.314 e. The Hall–Kier alpha value is -1.61. The van der Waals surface area contributed by atoms with Crippen LogP contribution in [-0.2, 0) is 13.5 Å². The van der Waals surface area contributed by atoms with Crippen LogP contribution in [0.1, 0.15) is 26.0 Å². The Kier molecular flexibility index (Phi) is 4.74. The van der Waals surface area contributed by atoms with Crippen LogP contribution in [0.15, 0.2) is 36.4 Å². The van der Waals surface area contributed by atoms with Gasteiger partial charge in [0.25, 0.3) is 0 Å². The molecule has 102 valence electrons. The maximum Gasteiger partial charge on any atom is 0.0740 e. The predicted octanol–water partition coefficient (Wildman–Crippen LogP) is 3.06. The molecule has 0 unspecified atom stereocenters. The van der Waals surface area contributed by atoms with Crippen LogP contribution in [0, 0.1) is 0 Å². The lowest BCUT2D eigenvalue weighted by atomic mass is 10.1. The SMILES string of the molecule is CC(C)NCCC=CCc1nn(C)c2ccccc12. The monoisotopic (exact) mass is 257 g/mol. The summed E-state index contributed by atoms with van der Waals surface area (Å²) in [6.07, 6.45) is 6.43. The Balaban J connectivity index is 1.93. The number of allylic oxidation sites excluding steroid dienone is 1. The number of hydrogen-bond acceptors (Lipinski definition) is 2. The molecule has 0 aliphatic heterocycles. The maximum absolute atomic E-state index is 4.59. The van der Waals surface area contributed by atoms with E-state index in [4.69, 9.17) is 0 Å². The summed E-state index contributed by atoms with van der Waals surface area (Å²) in [6.45, 7) is 5.38. The summed E-state index contributed by atoms with van der Waals surface area (Å²) in [5, 5.41) is 9.25. The summed E-state index contributed by atoms with van der Waals surface area (Å²) in [5.74, 6) is 0. The molecule has 1 N–H and O–H groups in total. The van der Waals surface area contributed by atoms with Crippen molar-refractivity contribution in [1.29, 1.82) is 0 Å². The second kappa shape index (κ2) is 6.53. The van der Waals surface area contributed by atoms with Gasteiger partial charge in [0.1, 0.15) is 0 Å². The van der Waals surface area contributed by atoms with Crippen LogP contribution in [0.2, 0.25) is 0 Å². The average molecular weight is 257 g/mol. The molecule has 0 saturated carbocycles. The smallest absolute Gasteiger partial charge is 0.0740 e. The highest BCUT2D eigenvalue weighted by Gasteiger charge is 2.05. The van der Waals surface area contributed by atoms with Crippen LogP contribution in [0.5, 0.6) is 0 Å². The summed E-state index contributed by atoms with van der Waals surface area (Å²) in [5.41, 5.74) is 2.36. The molecule has 0 amide bonds. The van der Waals surface area contributed by atoms with Crippen LogP contribution in [0.3, 0.4) is 0 Å². The minimum atomic E-state index is 0.563. The van der Waals surface area contributed by atoms with Crippen molar-refractivity contribution in [3.05, 3.63) is 42.1 Å². The summed E-state index contributed by atoms with van der Waals surface area (Å²) < 4.78 is 1.96. The number of aromatic nitrogens is 2. The van der Waals surface area contributed by atoms with Crippen molar-refractivity contribution in [2.45, 2.75) is 32.7 Å². The topological polar surface area (TPSA) is 29.9 Å². The number of hydrogen-bond donors (Lipinski definition) is 1. The van der Waals surface area contributed by atoms with Gasteiger partial charge in [-0.25, -0.2) is 0 Å². The Morgan fingerprint density at radius 2 is 2.05 bits per heavy atom. The van der Waals surface area contributed by atoms with Gasteiger partial charge in [0, 0.05) is 24.9 Å². The van der Waals surface area contributed by atoms with Gasteiger partial charge >= 0.3 is 0 Å². The molecule has 0 fully saturated rings. The van der Waals surface area contributed by atoms with E-state index < -0.39 is 0 Å². The third kappa shape index (κ3) is 3.67. The van der Waals surface area contributed by atoms with Crippen molar-refractivity contribution >= 4 is 10.9 Å². The third-order valence-corrected chi connectivity index (χ3v) is 3.18. The Morgan fingerprint density at radius 3 is 2.84 bits per heavy atom. The molecule has 0 spiro atoms. The minimum absolute atomic E-state index is 0.563. The van der Waals surface area contributed by atoms with E-state index >= 15 is 0 Å². The highest BCUT2D eigenvalue weighted by molar-refractivity contribution is 5.81. The lowest BCUT2D eigenvalue weighted by molar-refractivity contribution is 0.594. The maximum atomic E-state index is 4.59. The molecule has 0 bridgehead atoms. The Labute approximate surface area is 115 Å². The van der Waals surface area contributed by atoms with E-state index in [1.165, 1.54) is 10.9 Å². The molecule has 1 aromatic heterocycles. The lowest BCUT2D eigenvalue weighted by Gasteiger charge is -2.04. The van der Waals surface area contributed by atoms with E-state index in [0.717, 1.165) is 25.1 Å². The van der Waals surface area contributed by atoms with Crippen LogP contribution < -0.4 is 5.32 Å². The van der Waals surface area contributed by atoms with Gasteiger partial charge in [-0.3, -0.25) is 4.68 Å². The number of nitrogens with one attached hydrogen (secondary N) is 1. The van der Waals surface area contributed by atoms with Crippen molar-refractivity contribution < 1.29 is 0 Å². The Morgan fingerprint density at radius 1 is 1.26 bits per heavy atom. The van der Waals surface area contributed by atoms with Crippen molar-refractivity contribution in [3.8, 4) is 0 Å². The van der Waals surface area contributed by atoms with Crippen molar-refractivity contribution in [1.82, 2.24) is 15.1 Å². The van der Waals surface area contributed by atoms with Gasteiger partial charge in [0.2, 0.25) is 0 Å². The van der Waals surface area contributed by atoms with Crippen molar-refractivity contribution in [3.63, 3.8) is 0 Å². The number of benzene rings is 1. The summed E-state index contributed by atoms with van der Waals surface area (Å²) in [7, 11) is 2.00. The van der Waals surface area contributed by atoms with E-state index in [9.17, 15) is 0 Å². The number of rotatable bonds is 6. The fourth-order valence-corrected chi connectivity index (χ4v) is 2.21. The van der Waals surface area contributed by atoms with Crippen molar-refractivity contribution in [2.75, 3.05) is 6.54 Å². The van der Waals surface area contributed by atoms with Gasteiger partial charge in [0.05, 0.1) is 11.2 Å². The number of aryl methyl sites for hydroxylation is 1. The Bertz CT molecular complexity index is 552. The highest BCUT2D eigenvalue weighted by Crippen LogP contribution is 2.17. The predicted molar refractivity (Wildman–Crippen MR) is 81.3 cm³/mol. The number of para-hydroxylation sites is 1. The summed E-state index contributed by atoms with van der Waals surface area (Å²) in [6, 6.07) is 8.95. The van der Waals surface area contributed by atoms with E-state index in [0.29, 0.717) is 6.04 Å². The fraction of sp³-hybridized carbons (Fsp3) is 0.438. The highest BCUT2D eigenvalue weighted by atomic mass is 15.3. The number of nitrogens with zero attached hydrogens (tertiary/aromatic N) is 2. The van der Waals surface area contributed by atoms with Gasteiger partial charge < -0.3 is 5.32 Å². The molecule has 2 rings (SSSR count). The third-order valence-electron chi connectivity index (χ3n) is 3.18. The lowest BCUT2D eigenvalue weighted by Crippen LogP contribution is -2.23. The van der Waals surface area contributed by atoms with Gasteiger partial charge in [-0.05, 0) is 19.0 Å². The first-order valence-electron chi connectivity index (χ1n) is 6.97. The van der Waals surface area contributed by atoms with Gasteiger partial charge in [-0.15, -0.1) is 0 Å². The molecular weight excluding hydrogens is 234 g/mol. The molecule has 3 heteroatoms. The number of fused-ring (bicyclic) bond motifs is 1. The molecule has 0 saturated heterocycles. The molecular formula is C16H23N3. The first-order valence-corrected chi connectivity index (χ1v) is 6.97. The van der Waals surface area contributed by atoms with Gasteiger partial charge in [-0.1, -0.05) is 44.2 Å². The largest absolute Gasteiger partial charge is 0.314 e. The fourth-order valence-electron chi connectivity index (χ4n) is 2.21.